The Morgan fingerprint density at radius 2 is 1.52 bits per heavy atom. The third kappa shape index (κ3) is 4.01. The Morgan fingerprint density at radius 3 is 2.17 bits per heavy atom. The number of rotatable bonds is 6. The van der Waals surface area contributed by atoms with Gasteiger partial charge < -0.3 is 9.47 Å². The van der Waals surface area contributed by atoms with Crippen LogP contribution in [0.25, 0.3) is 0 Å². The van der Waals surface area contributed by atoms with Crippen LogP contribution in [0.15, 0.2) is 12.2 Å². The topological polar surface area (TPSA) is 86.7 Å². The van der Waals surface area contributed by atoms with Gasteiger partial charge in [0.25, 0.3) is 0 Å². The minimum absolute atomic E-state index is 0.00244. The highest BCUT2D eigenvalue weighted by molar-refractivity contribution is 5.86. The smallest absolute Gasteiger partial charge is 0.302 e. The van der Waals surface area contributed by atoms with Crippen LogP contribution >= 0.6 is 0 Å². The summed E-state index contributed by atoms with van der Waals surface area (Å²) in [6, 6.07) is 0. The lowest BCUT2D eigenvalue weighted by Gasteiger charge is -2.72. The number of hydrogen-bond acceptors (Lipinski definition) is 6. The highest BCUT2D eigenvalue weighted by atomic mass is 16.5. The maximum absolute atomic E-state index is 13.4. The molecule has 0 saturated heterocycles. The first kappa shape index (κ1) is 29.5. The maximum atomic E-state index is 13.4. The van der Waals surface area contributed by atoms with Crippen LogP contribution in [0.2, 0.25) is 0 Å². The van der Waals surface area contributed by atoms with E-state index in [2.05, 4.69) is 34.3 Å². The molecular formula is C34H50O6. The second-order valence-electron chi connectivity index (χ2n) is 15.3. The van der Waals surface area contributed by atoms with Gasteiger partial charge in [-0.15, -0.1) is 0 Å². The fraction of sp³-hybridized carbons (Fsp3) is 0.824. The molecule has 0 heterocycles. The van der Waals surface area contributed by atoms with Crippen molar-refractivity contribution in [2.45, 2.75) is 106 Å². The maximum Gasteiger partial charge on any atom is 0.302 e. The fourth-order valence-electron chi connectivity index (χ4n) is 11.8. The Labute approximate surface area is 240 Å². The predicted octanol–water partition coefficient (Wildman–Crippen LogP) is 6.50. The molecule has 0 aromatic heterocycles. The molecular weight excluding hydrogens is 504 g/mol. The van der Waals surface area contributed by atoms with Gasteiger partial charge in [-0.05, 0) is 116 Å². The van der Waals surface area contributed by atoms with E-state index in [1.54, 1.807) is 0 Å². The molecule has 0 aromatic carbocycles. The van der Waals surface area contributed by atoms with Crippen LogP contribution in [-0.2, 0) is 28.7 Å². The van der Waals surface area contributed by atoms with Crippen LogP contribution in [0.5, 0.6) is 0 Å². The van der Waals surface area contributed by atoms with Crippen molar-refractivity contribution >= 4 is 24.0 Å². The molecule has 6 heteroatoms. The normalized spacial score (nSPS) is 47.6. The van der Waals surface area contributed by atoms with Gasteiger partial charge in [-0.2, -0.15) is 0 Å². The van der Waals surface area contributed by atoms with Crippen molar-refractivity contribution in [3.63, 3.8) is 0 Å². The lowest BCUT2D eigenvalue weighted by molar-refractivity contribution is -0.240. The van der Waals surface area contributed by atoms with Gasteiger partial charge >= 0.3 is 11.9 Å². The first-order valence-electron chi connectivity index (χ1n) is 15.6. The van der Waals surface area contributed by atoms with Gasteiger partial charge in [0.05, 0.1) is 12.0 Å². The van der Waals surface area contributed by atoms with Crippen LogP contribution in [0.3, 0.4) is 0 Å². The largest absolute Gasteiger partial charge is 0.465 e. The first-order valence-corrected chi connectivity index (χ1v) is 15.6. The van der Waals surface area contributed by atoms with E-state index < -0.39 is 5.41 Å². The third-order valence-electron chi connectivity index (χ3n) is 13.9. The minimum Gasteiger partial charge on any atom is -0.465 e. The minimum atomic E-state index is -0.637. The van der Waals surface area contributed by atoms with Crippen LogP contribution in [0, 0.1) is 56.7 Å². The van der Waals surface area contributed by atoms with Crippen molar-refractivity contribution in [3.8, 4) is 0 Å². The van der Waals surface area contributed by atoms with Crippen molar-refractivity contribution in [3.05, 3.63) is 12.2 Å². The molecule has 5 fully saturated rings. The second-order valence-corrected chi connectivity index (χ2v) is 15.3. The van der Waals surface area contributed by atoms with Crippen molar-refractivity contribution in [1.82, 2.24) is 0 Å². The molecule has 0 amide bonds. The number of carbonyl (C=O) groups excluding carboxylic acids is 4. The molecule has 40 heavy (non-hydrogen) atoms. The van der Waals surface area contributed by atoms with Gasteiger partial charge in [0, 0.05) is 25.7 Å². The van der Waals surface area contributed by atoms with Crippen LogP contribution in [-0.4, -0.2) is 37.2 Å². The fourth-order valence-corrected chi connectivity index (χ4v) is 11.8. The average Bonchev–Trinajstić information content (AvgIpc) is 3.29. The molecule has 5 saturated carbocycles. The summed E-state index contributed by atoms with van der Waals surface area (Å²) < 4.78 is 11.3. The number of esters is 2. The van der Waals surface area contributed by atoms with E-state index in [1.807, 2.05) is 0 Å². The zero-order valence-corrected chi connectivity index (χ0v) is 25.6. The molecule has 222 valence electrons. The van der Waals surface area contributed by atoms with Gasteiger partial charge in [0.2, 0.25) is 0 Å². The van der Waals surface area contributed by atoms with Gasteiger partial charge in [-0.25, -0.2) is 0 Å². The Kier molecular flexibility index (Phi) is 7.23. The summed E-state index contributed by atoms with van der Waals surface area (Å²) in [6.07, 6.45) is 10.6. The molecule has 5 rings (SSSR count). The van der Waals surface area contributed by atoms with Crippen molar-refractivity contribution in [2.24, 2.45) is 56.7 Å². The average molecular weight is 555 g/mol. The Balaban J connectivity index is 1.51. The highest BCUT2D eigenvalue weighted by Gasteiger charge is 2.71. The van der Waals surface area contributed by atoms with E-state index in [-0.39, 0.29) is 63.7 Å². The molecule has 0 spiro atoms. The standard InChI is InChI=1S/C34H50O6/c1-21(18-35)24-10-15-34(20-40-23(3)37)17-16-32(6)25(29(24)34)8-9-27-30(4)13-12-28(38)31(5,19-39-22(2)36)26(30)11-14-33(27,32)7/h18,24-27,29H,1,8-17,19-20H2,2-7H3/t24-,25+,26+,27+,29+,30-,31-,32+,33+,34+/m0/s1. The number of fused-ring (bicyclic) bond motifs is 7. The predicted molar refractivity (Wildman–Crippen MR) is 152 cm³/mol. The summed E-state index contributed by atoms with van der Waals surface area (Å²) in [5, 5.41) is 0. The first-order chi connectivity index (χ1) is 18.7. The molecule has 0 unspecified atom stereocenters. The lowest BCUT2D eigenvalue weighted by atomic mass is 9.32. The molecule has 5 aliphatic carbocycles. The summed E-state index contributed by atoms with van der Waals surface area (Å²) in [6.45, 7) is 17.3. The Hall–Kier alpha value is -1.98. The summed E-state index contributed by atoms with van der Waals surface area (Å²) in [5.74, 6) is 1.22. The summed E-state index contributed by atoms with van der Waals surface area (Å²) in [7, 11) is 0. The van der Waals surface area contributed by atoms with E-state index in [9.17, 15) is 19.2 Å². The van der Waals surface area contributed by atoms with Crippen LogP contribution < -0.4 is 0 Å². The quantitative estimate of drug-likeness (QED) is 0.212. The molecule has 0 bridgehead atoms. The van der Waals surface area contributed by atoms with E-state index in [0.717, 1.165) is 64.1 Å². The molecule has 0 aliphatic heterocycles. The summed E-state index contributed by atoms with van der Waals surface area (Å²) in [4.78, 5) is 49.1. The van der Waals surface area contributed by atoms with Gasteiger partial charge in [-0.1, -0.05) is 27.4 Å². The highest BCUT2D eigenvalue weighted by Crippen LogP contribution is 2.77. The van der Waals surface area contributed by atoms with E-state index in [1.165, 1.54) is 13.8 Å². The van der Waals surface area contributed by atoms with Gasteiger partial charge in [0.15, 0.2) is 0 Å². The number of carbonyl (C=O) groups is 4. The molecule has 0 radical (unpaired) electrons. The molecule has 5 aliphatic rings. The number of hydrogen-bond donors (Lipinski definition) is 0. The molecule has 0 aromatic rings. The molecule has 6 nitrogen and oxygen atoms in total. The number of ketones is 1. The van der Waals surface area contributed by atoms with Gasteiger partial charge in [-0.3, -0.25) is 19.2 Å². The summed E-state index contributed by atoms with van der Waals surface area (Å²) in [5.41, 5.74) is 0.144. The molecule has 10 atom stereocenters. The zero-order valence-electron chi connectivity index (χ0n) is 25.6. The molecule has 0 N–H and O–H groups in total. The number of Topliss-reactive ketones (excluding diaryl/α,β-unsaturated/α-hetero) is 1. The van der Waals surface area contributed by atoms with Gasteiger partial charge in [0.1, 0.15) is 18.7 Å². The SMILES string of the molecule is C=C(C=O)[C@@H]1CC[C@]2(COC(C)=O)CC[C@]3(C)[C@H](CC[C@@H]4[C@@]5(C)CCC(=O)[C@@](C)(COC(C)=O)[C@@H]5CC[C@]43C)[C@@H]12. The van der Waals surface area contributed by atoms with E-state index >= 15 is 0 Å². The van der Waals surface area contributed by atoms with E-state index in [0.29, 0.717) is 30.4 Å². The van der Waals surface area contributed by atoms with Crippen molar-refractivity contribution < 1.29 is 28.7 Å². The van der Waals surface area contributed by atoms with Crippen molar-refractivity contribution in [2.75, 3.05) is 13.2 Å². The Morgan fingerprint density at radius 1 is 0.850 bits per heavy atom. The third-order valence-corrected chi connectivity index (χ3v) is 13.9. The van der Waals surface area contributed by atoms with Crippen molar-refractivity contribution in [1.29, 1.82) is 0 Å². The Bertz CT molecular complexity index is 1110. The number of ether oxygens (including phenoxy) is 2. The lowest BCUT2D eigenvalue weighted by Crippen LogP contribution is -2.67. The van der Waals surface area contributed by atoms with Crippen LogP contribution in [0.1, 0.15) is 106 Å². The monoisotopic (exact) mass is 554 g/mol. The van der Waals surface area contributed by atoms with Crippen LogP contribution in [0.4, 0.5) is 0 Å². The second kappa shape index (κ2) is 9.80. The number of allylic oxidation sites excluding steroid dienone is 1. The zero-order chi connectivity index (χ0) is 29.3. The number of aldehydes is 1. The summed E-state index contributed by atoms with van der Waals surface area (Å²) >= 11 is 0. The van der Waals surface area contributed by atoms with E-state index in [4.69, 9.17) is 9.47 Å².